The van der Waals surface area contributed by atoms with Crippen molar-refractivity contribution in [2.45, 2.75) is 13.8 Å². The van der Waals surface area contributed by atoms with Crippen molar-refractivity contribution in [1.29, 1.82) is 0 Å². The number of hydrogen-bond donors (Lipinski definition) is 0. The SMILES string of the molecule is CCOc1cc(C(C)=[O+][O-])ccc1OC. The summed E-state index contributed by atoms with van der Waals surface area (Å²) >= 11 is 0. The highest BCUT2D eigenvalue weighted by molar-refractivity contribution is 5.94. The summed E-state index contributed by atoms with van der Waals surface area (Å²) in [4.78, 5) is 0. The molecule has 82 valence electrons. The lowest BCUT2D eigenvalue weighted by atomic mass is 10.1. The van der Waals surface area contributed by atoms with Crippen molar-refractivity contribution in [3.8, 4) is 11.5 Å². The van der Waals surface area contributed by atoms with Crippen molar-refractivity contribution in [2.75, 3.05) is 13.7 Å². The Morgan fingerprint density at radius 2 is 2.13 bits per heavy atom. The normalized spacial score (nSPS) is 11.3. The molecular formula is C11H14O4. The molecule has 0 atom stereocenters. The predicted molar refractivity (Wildman–Crippen MR) is 54.2 cm³/mol. The Balaban J connectivity index is 3.09. The minimum Gasteiger partial charge on any atom is -0.493 e. The number of carbonyl (C=O) groups excluding carboxylic acids is 1. The molecule has 0 aliphatic rings. The van der Waals surface area contributed by atoms with Gasteiger partial charge in [0.05, 0.1) is 26.2 Å². The van der Waals surface area contributed by atoms with E-state index in [2.05, 4.69) is 4.58 Å². The van der Waals surface area contributed by atoms with Crippen LogP contribution in [0.15, 0.2) is 18.2 Å². The Morgan fingerprint density at radius 1 is 1.40 bits per heavy atom. The number of hydrogen-bond acceptors (Lipinski definition) is 3. The Bertz CT molecular complexity index is 358. The van der Waals surface area contributed by atoms with Gasteiger partial charge in [0.2, 0.25) is 0 Å². The molecule has 0 N–H and O–H groups in total. The van der Waals surface area contributed by atoms with Crippen LogP contribution in [-0.4, -0.2) is 19.5 Å². The van der Waals surface area contributed by atoms with E-state index in [1.807, 2.05) is 6.92 Å². The van der Waals surface area contributed by atoms with Crippen LogP contribution in [0.4, 0.5) is 0 Å². The van der Waals surface area contributed by atoms with Gasteiger partial charge in [0.25, 0.3) is 0 Å². The lowest BCUT2D eigenvalue weighted by Gasteiger charge is -2.08. The van der Waals surface area contributed by atoms with Crippen LogP contribution in [0.25, 0.3) is 0 Å². The minimum absolute atomic E-state index is 0.304. The second-order valence-electron chi connectivity index (χ2n) is 2.94. The summed E-state index contributed by atoms with van der Waals surface area (Å²) in [7, 11) is 1.57. The van der Waals surface area contributed by atoms with Gasteiger partial charge in [-0.2, -0.15) is 4.58 Å². The highest BCUT2D eigenvalue weighted by atomic mass is 17.1. The second-order valence-corrected chi connectivity index (χ2v) is 2.94. The van der Waals surface area contributed by atoms with Crippen LogP contribution in [0, 0.1) is 0 Å². The second kappa shape index (κ2) is 5.24. The topological polar surface area (TPSA) is 52.8 Å². The average molecular weight is 210 g/mol. The Labute approximate surface area is 88.7 Å². The van der Waals surface area contributed by atoms with Crippen LogP contribution in [0.2, 0.25) is 0 Å². The van der Waals surface area contributed by atoms with Gasteiger partial charge < -0.3 is 14.7 Å². The summed E-state index contributed by atoms with van der Waals surface area (Å²) in [5.74, 6) is 1.55. The molecule has 0 fully saturated rings. The lowest BCUT2D eigenvalue weighted by molar-refractivity contribution is -0.937. The highest BCUT2D eigenvalue weighted by Gasteiger charge is 2.12. The van der Waals surface area contributed by atoms with Crippen LogP contribution < -0.4 is 14.7 Å². The van der Waals surface area contributed by atoms with E-state index in [4.69, 9.17) is 9.47 Å². The molecule has 4 heteroatoms. The first-order valence-electron chi connectivity index (χ1n) is 4.67. The van der Waals surface area contributed by atoms with Gasteiger partial charge in [-0.25, -0.2) is 0 Å². The molecule has 0 aliphatic carbocycles. The van der Waals surface area contributed by atoms with Crippen molar-refractivity contribution in [3.63, 3.8) is 0 Å². The third-order valence-corrected chi connectivity index (χ3v) is 1.99. The summed E-state index contributed by atoms with van der Waals surface area (Å²) < 4.78 is 14.4. The molecule has 15 heavy (non-hydrogen) atoms. The monoisotopic (exact) mass is 210 g/mol. The first-order valence-corrected chi connectivity index (χ1v) is 4.67. The fourth-order valence-corrected chi connectivity index (χ4v) is 1.21. The number of benzene rings is 1. The van der Waals surface area contributed by atoms with Gasteiger partial charge in [0.15, 0.2) is 11.5 Å². The zero-order chi connectivity index (χ0) is 11.3. The fraction of sp³-hybridized carbons (Fsp3) is 0.364. The molecule has 1 rings (SSSR count). The van der Waals surface area contributed by atoms with E-state index >= 15 is 0 Å². The molecule has 1 aromatic carbocycles. The average Bonchev–Trinajstić information content (AvgIpc) is 2.28. The van der Waals surface area contributed by atoms with E-state index in [9.17, 15) is 5.26 Å². The van der Waals surface area contributed by atoms with E-state index < -0.39 is 0 Å². The van der Waals surface area contributed by atoms with Crippen LogP contribution in [0.5, 0.6) is 11.5 Å². The molecule has 0 amide bonds. The van der Waals surface area contributed by atoms with Crippen molar-refractivity contribution in [3.05, 3.63) is 23.8 Å². The zero-order valence-corrected chi connectivity index (χ0v) is 9.07. The first kappa shape index (κ1) is 11.4. The molecule has 0 aliphatic heterocycles. The van der Waals surface area contributed by atoms with Gasteiger partial charge in [-0.1, -0.05) is 0 Å². The number of rotatable bonds is 4. The molecule has 0 heterocycles. The molecule has 0 aromatic heterocycles. The van der Waals surface area contributed by atoms with Crippen molar-refractivity contribution >= 4 is 5.78 Å². The summed E-state index contributed by atoms with van der Waals surface area (Å²) in [6, 6.07) is 5.20. The zero-order valence-electron chi connectivity index (χ0n) is 9.07. The van der Waals surface area contributed by atoms with Crippen molar-refractivity contribution in [2.24, 2.45) is 0 Å². The van der Waals surface area contributed by atoms with E-state index in [0.717, 1.165) is 0 Å². The maximum absolute atomic E-state index is 10.2. The van der Waals surface area contributed by atoms with Crippen LogP contribution in [0.3, 0.4) is 0 Å². The number of ether oxygens (including phenoxy) is 2. The standard InChI is InChI=1S/C11H14O4/c1-4-14-11-7-9(8(2)15-12)5-6-10(11)13-3/h5-7H,4H2,1-3H3. The quantitative estimate of drug-likeness (QED) is 0.324. The third-order valence-electron chi connectivity index (χ3n) is 1.99. The van der Waals surface area contributed by atoms with Gasteiger partial charge in [-0.05, 0) is 19.1 Å². The molecule has 0 unspecified atom stereocenters. The maximum atomic E-state index is 10.2. The first-order chi connectivity index (χ1) is 7.22. The molecule has 4 nitrogen and oxygen atoms in total. The van der Waals surface area contributed by atoms with Crippen LogP contribution in [-0.2, 0) is 0 Å². The number of methoxy groups -OCH3 is 1. The molecule has 0 radical (unpaired) electrons. The molecule has 0 bridgehead atoms. The maximum Gasteiger partial charge on any atom is 0.357 e. The van der Waals surface area contributed by atoms with Crippen molar-refractivity contribution in [1.82, 2.24) is 0 Å². The van der Waals surface area contributed by atoms with E-state index in [1.54, 1.807) is 32.2 Å². The fourth-order valence-electron chi connectivity index (χ4n) is 1.21. The van der Waals surface area contributed by atoms with Crippen LogP contribution in [0.1, 0.15) is 24.0 Å². The molecule has 0 saturated heterocycles. The highest BCUT2D eigenvalue weighted by Crippen LogP contribution is 2.28. The van der Waals surface area contributed by atoms with Crippen LogP contribution >= 0.6 is 0 Å². The summed E-state index contributed by atoms with van der Waals surface area (Å²) in [6.07, 6.45) is 0. The largest absolute Gasteiger partial charge is 0.493 e. The van der Waals surface area contributed by atoms with Gasteiger partial charge in [-0.15, -0.1) is 0 Å². The molecular weight excluding hydrogens is 196 g/mol. The third kappa shape index (κ3) is 2.62. The molecule has 1 aromatic rings. The van der Waals surface area contributed by atoms with Gasteiger partial charge >= 0.3 is 5.78 Å². The van der Waals surface area contributed by atoms with Gasteiger partial charge in [0.1, 0.15) is 0 Å². The number of ketones is 1. The lowest BCUT2D eigenvalue weighted by Crippen LogP contribution is -2.04. The summed E-state index contributed by atoms with van der Waals surface area (Å²) in [6.45, 7) is 4.02. The molecule has 0 spiro atoms. The smallest absolute Gasteiger partial charge is 0.357 e. The minimum atomic E-state index is 0.304. The van der Waals surface area contributed by atoms with Crippen molar-refractivity contribution < 1.29 is 19.3 Å². The predicted octanol–water partition coefficient (Wildman–Crippen LogP) is 1.11. The molecule has 0 saturated carbocycles. The summed E-state index contributed by atoms with van der Waals surface area (Å²) in [5, 5.41) is 10.2. The Kier molecular flexibility index (Phi) is 3.97. The van der Waals surface area contributed by atoms with E-state index in [1.165, 1.54) is 0 Å². The Hall–Kier alpha value is -1.71. The van der Waals surface area contributed by atoms with E-state index in [-0.39, 0.29) is 0 Å². The van der Waals surface area contributed by atoms with Gasteiger partial charge in [-0.3, -0.25) is 0 Å². The van der Waals surface area contributed by atoms with E-state index in [0.29, 0.717) is 29.5 Å². The van der Waals surface area contributed by atoms with Gasteiger partial charge in [0, 0.05) is 6.07 Å². The summed E-state index contributed by atoms with van der Waals surface area (Å²) in [5.41, 5.74) is 0.689. The Morgan fingerprint density at radius 3 is 2.67 bits per heavy atom.